The summed E-state index contributed by atoms with van der Waals surface area (Å²) in [6.07, 6.45) is 6.73. The lowest BCUT2D eigenvalue weighted by atomic mass is 10.1. The maximum Gasteiger partial charge on any atom is 0.166 e. The first kappa shape index (κ1) is 18.2. The van der Waals surface area contributed by atoms with E-state index in [1.165, 1.54) is 24.6 Å². The second-order valence-corrected chi connectivity index (χ2v) is 8.12. The lowest BCUT2D eigenvalue weighted by molar-refractivity contribution is 0.0787. The molecule has 3 N–H and O–H groups in total. The number of methoxy groups -OCH3 is 1. The molecule has 1 aliphatic carbocycles. The van der Waals surface area contributed by atoms with Gasteiger partial charge in [-0.15, -0.1) is 0 Å². The zero-order chi connectivity index (χ0) is 18.8. The molecular formula is C19H24N6OS. The Labute approximate surface area is 162 Å². The summed E-state index contributed by atoms with van der Waals surface area (Å²) in [6, 6.07) is 5.74. The van der Waals surface area contributed by atoms with Crippen LogP contribution >= 0.6 is 11.8 Å². The number of ether oxygens (including phenoxy) is 1. The highest BCUT2D eigenvalue weighted by molar-refractivity contribution is 8.26. The monoisotopic (exact) mass is 384 g/mol. The average molecular weight is 385 g/mol. The van der Waals surface area contributed by atoms with Crippen LogP contribution in [0, 0.1) is 11.3 Å². The first-order chi connectivity index (χ1) is 13.1. The fraction of sp³-hybridized carbons (Fsp3) is 0.474. The smallest absolute Gasteiger partial charge is 0.166 e. The molecule has 3 heterocycles. The summed E-state index contributed by atoms with van der Waals surface area (Å²) >= 11 is 1.25. The van der Waals surface area contributed by atoms with E-state index in [0.717, 1.165) is 42.7 Å². The van der Waals surface area contributed by atoms with E-state index in [0.29, 0.717) is 21.9 Å². The number of hydrogen-bond donors (Lipinski definition) is 2. The van der Waals surface area contributed by atoms with Crippen molar-refractivity contribution in [3.05, 3.63) is 24.4 Å². The minimum atomic E-state index is 0.289. The molecule has 142 valence electrons. The Bertz CT molecular complexity index is 874. The Morgan fingerprint density at radius 2 is 2.07 bits per heavy atom. The molecule has 2 aliphatic rings. The van der Waals surface area contributed by atoms with Gasteiger partial charge in [-0.2, -0.15) is 0 Å². The Kier molecular flexibility index (Phi) is 5.27. The molecule has 0 spiro atoms. The summed E-state index contributed by atoms with van der Waals surface area (Å²) in [5, 5.41) is 9.19. The summed E-state index contributed by atoms with van der Waals surface area (Å²) in [4.78, 5) is 15.7. The summed E-state index contributed by atoms with van der Waals surface area (Å²) < 4.78 is 5.33. The highest BCUT2D eigenvalue weighted by atomic mass is 32.2. The van der Waals surface area contributed by atoms with Gasteiger partial charge in [-0.1, -0.05) is 12.8 Å². The van der Waals surface area contributed by atoms with E-state index in [9.17, 15) is 0 Å². The van der Waals surface area contributed by atoms with E-state index < -0.39 is 0 Å². The van der Waals surface area contributed by atoms with Crippen LogP contribution in [0.1, 0.15) is 25.7 Å². The average Bonchev–Trinajstić information content (AvgIpc) is 3.15. The largest absolute Gasteiger partial charge is 0.378 e. The van der Waals surface area contributed by atoms with Gasteiger partial charge >= 0.3 is 0 Å². The summed E-state index contributed by atoms with van der Waals surface area (Å²) in [6.45, 7) is 1.74. The van der Waals surface area contributed by atoms with E-state index in [2.05, 4.69) is 19.9 Å². The van der Waals surface area contributed by atoms with E-state index in [1.807, 2.05) is 24.4 Å². The van der Waals surface area contributed by atoms with E-state index >= 15 is 0 Å². The summed E-state index contributed by atoms with van der Waals surface area (Å²) in [5.74, 6) is 0.886. The normalized spacial score (nSPS) is 18.9. The number of nitrogens with two attached hydrogens (primary N) is 1. The van der Waals surface area contributed by atoms with Gasteiger partial charge < -0.3 is 15.4 Å². The van der Waals surface area contributed by atoms with Crippen molar-refractivity contribution < 1.29 is 4.74 Å². The highest BCUT2D eigenvalue weighted by Crippen LogP contribution is 2.30. The highest BCUT2D eigenvalue weighted by Gasteiger charge is 2.27. The molecule has 2 fully saturated rings. The van der Waals surface area contributed by atoms with Crippen LogP contribution in [0.25, 0.3) is 11.0 Å². The van der Waals surface area contributed by atoms with Crippen LogP contribution in [0.3, 0.4) is 0 Å². The van der Waals surface area contributed by atoms with Crippen molar-refractivity contribution in [3.8, 4) is 0 Å². The molecule has 0 radical (unpaired) electrons. The molecule has 0 aromatic carbocycles. The number of amidine groups is 1. The van der Waals surface area contributed by atoms with Gasteiger partial charge in [0.2, 0.25) is 0 Å². The Balaban J connectivity index is 1.49. The SMILES string of the molecule is COC1CN(c2cnc3ccc(N=C(N)SC(=N)C4CCCC4)nc3c2)C1. The topological polar surface area (TPSA) is 100 Å². The zero-order valence-electron chi connectivity index (χ0n) is 15.4. The lowest BCUT2D eigenvalue weighted by Crippen LogP contribution is -2.51. The van der Waals surface area contributed by atoms with Crippen LogP contribution in [-0.2, 0) is 4.74 Å². The van der Waals surface area contributed by atoms with Crippen molar-refractivity contribution in [1.82, 2.24) is 9.97 Å². The number of fused-ring (bicyclic) bond motifs is 1. The van der Waals surface area contributed by atoms with Crippen molar-refractivity contribution >= 4 is 44.5 Å². The van der Waals surface area contributed by atoms with Crippen molar-refractivity contribution in [3.63, 3.8) is 0 Å². The van der Waals surface area contributed by atoms with Gasteiger partial charge in [0.15, 0.2) is 11.0 Å². The van der Waals surface area contributed by atoms with Gasteiger partial charge in [0, 0.05) is 26.1 Å². The minimum Gasteiger partial charge on any atom is -0.378 e. The Hall–Kier alpha value is -2.19. The van der Waals surface area contributed by atoms with Crippen LogP contribution in [0.5, 0.6) is 0 Å². The second-order valence-electron chi connectivity index (χ2n) is 7.06. The molecule has 0 unspecified atom stereocenters. The van der Waals surface area contributed by atoms with Crippen LogP contribution in [0.2, 0.25) is 0 Å². The van der Waals surface area contributed by atoms with Gasteiger partial charge in [0.25, 0.3) is 0 Å². The number of thioether (sulfide) groups is 1. The zero-order valence-corrected chi connectivity index (χ0v) is 16.2. The van der Waals surface area contributed by atoms with Crippen LogP contribution in [0.15, 0.2) is 29.4 Å². The van der Waals surface area contributed by atoms with Crippen molar-refractivity contribution in [2.75, 3.05) is 25.1 Å². The van der Waals surface area contributed by atoms with Crippen LogP contribution < -0.4 is 10.6 Å². The van der Waals surface area contributed by atoms with Crippen molar-refractivity contribution in [1.29, 1.82) is 5.41 Å². The van der Waals surface area contributed by atoms with E-state index in [-0.39, 0.29) is 6.10 Å². The molecule has 1 saturated heterocycles. The maximum atomic E-state index is 8.20. The Morgan fingerprint density at radius 1 is 1.30 bits per heavy atom. The third-order valence-electron chi connectivity index (χ3n) is 5.22. The standard InChI is InChI=1S/C19H24N6OS/c1-26-14-10-25(11-14)13-8-16-15(22-9-13)6-7-17(23-16)24-19(21)27-18(20)12-4-2-3-5-12/h6-9,12,14,20H,2-5,10-11H2,1H3,(H2,21,23,24). The summed E-state index contributed by atoms with van der Waals surface area (Å²) in [7, 11) is 1.74. The molecule has 1 aliphatic heterocycles. The molecule has 7 nitrogen and oxygen atoms in total. The minimum absolute atomic E-state index is 0.289. The number of aliphatic imine (C=N–C) groups is 1. The first-order valence-electron chi connectivity index (χ1n) is 9.27. The number of pyridine rings is 2. The number of aromatic nitrogens is 2. The van der Waals surface area contributed by atoms with Gasteiger partial charge in [0.05, 0.1) is 34.1 Å². The molecule has 0 amide bonds. The van der Waals surface area contributed by atoms with Crippen LogP contribution in [0.4, 0.5) is 11.5 Å². The van der Waals surface area contributed by atoms with Gasteiger partial charge in [0.1, 0.15) is 0 Å². The Morgan fingerprint density at radius 3 is 2.81 bits per heavy atom. The predicted molar refractivity (Wildman–Crippen MR) is 111 cm³/mol. The molecule has 27 heavy (non-hydrogen) atoms. The predicted octanol–water partition coefficient (Wildman–Crippen LogP) is 3.31. The van der Waals surface area contributed by atoms with E-state index in [1.54, 1.807) is 7.11 Å². The van der Waals surface area contributed by atoms with Gasteiger partial charge in [-0.3, -0.25) is 10.4 Å². The molecule has 0 atom stereocenters. The van der Waals surface area contributed by atoms with E-state index in [4.69, 9.17) is 15.9 Å². The molecule has 2 aromatic heterocycles. The van der Waals surface area contributed by atoms with Crippen molar-refractivity contribution in [2.45, 2.75) is 31.8 Å². The third kappa shape index (κ3) is 4.06. The second kappa shape index (κ2) is 7.82. The molecule has 4 rings (SSSR count). The van der Waals surface area contributed by atoms with Gasteiger partial charge in [-0.05, 0) is 42.8 Å². The fourth-order valence-corrected chi connectivity index (χ4v) is 4.31. The molecule has 1 saturated carbocycles. The molecule has 0 bridgehead atoms. The molecular weight excluding hydrogens is 360 g/mol. The number of rotatable bonds is 4. The molecule has 2 aromatic rings. The van der Waals surface area contributed by atoms with Crippen molar-refractivity contribution in [2.24, 2.45) is 16.6 Å². The first-order valence-corrected chi connectivity index (χ1v) is 10.1. The van der Waals surface area contributed by atoms with Gasteiger partial charge in [-0.25, -0.2) is 9.98 Å². The number of nitrogens with one attached hydrogen (secondary N) is 1. The van der Waals surface area contributed by atoms with Crippen LogP contribution in [-0.4, -0.2) is 46.5 Å². The fourth-order valence-electron chi connectivity index (χ4n) is 3.54. The lowest BCUT2D eigenvalue weighted by Gasteiger charge is -2.39. The maximum absolute atomic E-state index is 8.20. The quantitative estimate of drug-likeness (QED) is 0.619. The number of nitrogens with zero attached hydrogens (tertiary/aromatic N) is 4. The third-order valence-corrected chi connectivity index (χ3v) is 6.07. The summed E-state index contributed by atoms with van der Waals surface area (Å²) in [5.41, 5.74) is 8.70. The molecule has 8 heteroatoms. The number of anilines is 1. The number of hydrogen-bond acceptors (Lipinski definition) is 7.